The van der Waals surface area contributed by atoms with Gasteiger partial charge in [-0.2, -0.15) is 0 Å². The van der Waals surface area contributed by atoms with E-state index in [-0.39, 0.29) is 10.8 Å². The van der Waals surface area contributed by atoms with Gasteiger partial charge in [-0.15, -0.1) is 0 Å². The summed E-state index contributed by atoms with van der Waals surface area (Å²) in [5.41, 5.74) is 7.11. The molecule has 2 aromatic rings. The first-order valence-electron chi connectivity index (χ1n) is 9.83. The highest BCUT2D eigenvalue weighted by molar-refractivity contribution is 5.88. The Morgan fingerprint density at radius 2 is 1.52 bits per heavy atom. The minimum Gasteiger partial charge on any atom is -0.478 e. The number of carboxylic acid groups (broad SMARTS) is 1. The first-order chi connectivity index (χ1) is 12.6. The molecule has 1 aliphatic carbocycles. The summed E-state index contributed by atoms with van der Waals surface area (Å²) >= 11 is 0. The average molecular weight is 366 g/mol. The number of aryl methyl sites for hydroxylation is 1. The van der Waals surface area contributed by atoms with Crippen LogP contribution < -0.4 is 4.90 Å². The molecule has 1 aliphatic rings. The van der Waals surface area contributed by atoms with Crippen molar-refractivity contribution in [3.05, 3.63) is 58.7 Å². The van der Waals surface area contributed by atoms with Gasteiger partial charge >= 0.3 is 5.97 Å². The maximum absolute atomic E-state index is 11.2. The Morgan fingerprint density at radius 3 is 2.00 bits per heavy atom. The summed E-state index contributed by atoms with van der Waals surface area (Å²) in [6.07, 6.45) is 2.40. The van der Waals surface area contributed by atoms with Crippen molar-refractivity contribution in [3.63, 3.8) is 0 Å². The zero-order chi connectivity index (χ0) is 20.0. The maximum atomic E-state index is 11.2. The molecule has 144 valence electrons. The molecule has 2 aromatic carbocycles. The lowest BCUT2D eigenvalue weighted by Crippen LogP contribution is -2.34. The third-order valence-electron chi connectivity index (χ3n) is 6.20. The van der Waals surface area contributed by atoms with E-state index in [2.05, 4.69) is 58.6 Å². The first kappa shape index (κ1) is 19.5. The molecule has 0 heterocycles. The minimum atomic E-state index is -0.890. The van der Waals surface area contributed by atoms with Gasteiger partial charge in [-0.25, -0.2) is 4.79 Å². The number of hydrogen-bond acceptors (Lipinski definition) is 2. The van der Waals surface area contributed by atoms with Gasteiger partial charge in [0.25, 0.3) is 0 Å². The van der Waals surface area contributed by atoms with Crippen molar-refractivity contribution < 1.29 is 9.90 Å². The molecule has 27 heavy (non-hydrogen) atoms. The van der Waals surface area contributed by atoms with Gasteiger partial charge in [0.05, 0.1) is 5.56 Å². The van der Waals surface area contributed by atoms with Crippen molar-refractivity contribution in [2.75, 3.05) is 11.4 Å². The normalized spacial score (nSPS) is 17.3. The summed E-state index contributed by atoms with van der Waals surface area (Å²) < 4.78 is 0. The number of aromatic carboxylic acids is 1. The largest absolute Gasteiger partial charge is 0.478 e. The van der Waals surface area contributed by atoms with Gasteiger partial charge in [-0.3, -0.25) is 0 Å². The van der Waals surface area contributed by atoms with Crippen LogP contribution in [0.5, 0.6) is 0 Å². The molecule has 0 unspecified atom stereocenters. The summed E-state index contributed by atoms with van der Waals surface area (Å²) in [5.74, 6) is -0.890. The molecule has 0 aromatic heterocycles. The van der Waals surface area contributed by atoms with E-state index in [1.807, 2.05) is 12.1 Å². The van der Waals surface area contributed by atoms with Gasteiger partial charge in [0.2, 0.25) is 0 Å². The number of fused-ring (bicyclic) bond motifs is 1. The Kier molecular flexibility index (Phi) is 4.83. The fourth-order valence-corrected chi connectivity index (χ4v) is 4.28. The van der Waals surface area contributed by atoms with Crippen LogP contribution in [0, 0.1) is 6.92 Å². The predicted molar refractivity (Wildman–Crippen MR) is 113 cm³/mol. The topological polar surface area (TPSA) is 40.5 Å². The summed E-state index contributed by atoms with van der Waals surface area (Å²) in [4.78, 5) is 13.4. The van der Waals surface area contributed by atoms with Gasteiger partial charge in [-0.05, 0) is 84.5 Å². The lowest BCUT2D eigenvalue weighted by Gasteiger charge is -2.43. The third kappa shape index (κ3) is 3.47. The van der Waals surface area contributed by atoms with Crippen molar-refractivity contribution >= 4 is 17.3 Å². The molecule has 0 amide bonds. The summed E-state index contributed by atoms with van der Waals surface area (Å²) in [6, 6.07) is 11.9. The molecule has 1 N–H and O–H groups in total. The van der Waals surface area contributed by atoms with E-state index in [4.69, 9.17) is 5.11 Å². The number of hydrogen-bond donors (Lipinski definition) is 1. The van der Waals surface area contributed by atoms with Gasteiger partial charge in [0.1, 0.15) is 0 Å². The zero-order valence-corrected chi connectivity index (χ0v) is 17.4. The Balaban J connectivity index is 2.11. The lowest BCUT2D eigenvalue weighted by molar-refractivity contribution is 0.0697. The molecule has 3 heteroatoms. The van der Waals surface area contributed by atoms with Crippen LogP contribution in [-0.2, 0) is 10.8 Å². The molecule has 0 spiro atoms. The van der Waals surface area contributed by atoms with Gasteiger partial charge in [0.15, 0.2) is 0 Å². The van der Waals surface area contributed by atoms with E-state index in [9.17, 15) is 4.79 Å². The SMILES string of the molecule is CCN(c1ccc(C(=O)O)cc1)c1cc2c(cc1C)C(C)(C)CCC2(C)C. The Hall–Kier alpha value is -2.29. The molecular formula is C24H31NO2. The number of carbonyl (C=O) groups is 1. The monoisotopic (exact) mass is 365 g/mol. The van der Waals surface area contributed by atoms with Crippen molar-refractivity contribution in [1.82, 2.24) is 0 Å². The second-order valence-electron chi connectivity index (χ2n) is 9.05. The van der Waals surface area contributed by atoms with Crippen molar-refractivity contribution in [3.8, 4) is 0 Å². The Morgan fingerprint density at radius 1 is 1.00 bits per heavy atom. The fourth-order valence-electron chi connectivity index (χ4n) is 4.28. The number of benzene rings is 2. The van der Waals surface area contributed by atoms with Crippen LogP contribution in [0.4, 0.5) is 11.4 Å². The first-order valence-corrected chi connectivity index (χ1v) is 9.83. The van der Waals surface area contributed by atoms with Crippen LogP contribution in [0.25, 0.3) is 0 Å². The number of anilines is 2. The van der Waals surface area contributed by atoms with Crippen LogP contribution in [0.1, 0.15) is 74.5 Å². The molecule has 3 rings (SSSR count). The molecule has 0 radical (unpaired) electrons. The number of carboxylic acids is 1. The van der Waals surface area contributed by atoms with Gasteiger partial charge in [-0.1, -0.05) is 33.8 Å². The van der Waals surface area contributed by atoms with E-state index in [0.717, 1.165) is 12.2 Å². The van der Waals surface area contributed by atoms with E-state index in [0.29, 0.717) is 5.56 Å². The van der Waals surface area contributed by atoms with E-state index >= 15 is 0 Å². The highest BCUT2D eigenvalue weighted by Gasteiger charge is 2.37. The maximum Gasteiger partial charge on any atom is 0.335 e. The Bertz CT molecular complexity index is 863. The number of nitrogens with zero attached hydrogens (tertiary/aromatic N) is 1. The van der Waals surface area contributed by atoms with Gasteiger partial charge in [0, 0.05) is 17.9 Å². The van der Waals surface area contributed by atoms with E-state index in [1.165, 1.54) is 35.2 Å². The standard InChI is InChI=1S/C24H31NO2/c1-7-25(18-10-8-17(9-11-18)22(26)27)21-15-20-19(14-16(21)2)23(3,4)12-13-24(20,5)6/h8-11,14-15H,7,12-13H2,1-6H3,(H,26,27). The molecule has 0 saturated heterocycles. The second-order valence-corrected chi connectivity index (χ2v) is 9.05. The van der Waals surface area contributed by atoms with Gasteiger partial charge < -0.3 is 10.0 Å². The van der Waals surface area contributed by atoms with E-state index in [1.54, 1.807) is 12.1 Å². The molecule has 0 fully saturated rings. The van der Waals surface area contributed by atoms with Crippen molar-refractivity contribution in [2.24, 2.45) is 0 Å². The fraction of sp³-hybridized carbons (Fsp3) is 0.458. The average Bonchev–Trinajstić information content (AvgIpc) is 2.61. The molecule has 3 nitrogen and oxygen atoms in total. The van der Waals surface area contributed by atoms with Crippen LogP contribution in [0.3, 0.4) is 0 Å². The predicted octanol–water partition coefficient (Wildman–Crippen LogP) is 6.20. The summed E-state index contributed by atoms with van der Waals surface area (Å²) in [5, 5.41) is 9.16. The Labute approximate surface area is 163 Å². The van der Waals surface area contributed by atoms with Crippen LogP contribution >= 0.6 is 0 Å². The summed E-state index contributed by atoms with van der Waals surface area (Å²) in [7, 11) is 0. The lowest BCUT2D eigenvalue weighted by atomic mass is 9.63. The van der Waals surface area contributed by atoms with Crippen molar-refractivity contribution in [2.45, 2.75) is 65.2 Å². The molecule has 0 saturated carbocycles. The highest BCUT2D eigenvalue weighted by Crippen LogP contribution is 2.48. The summed E-state index contributed by atoms with van der Waals surface area (Å²) in [6.45, 7) is 14.5. The van der Waals surface area contributed by atoms with Crippen molar-refractivity contribution in [1.29, 1.82) is 0 Å². The molecular weight excluding hydrogens is 334 g/mol. The number of rotatable bonds is 4. The van der Waals surface area contributed by atoms with E-state index < -0.39 is 5.97 Å². The molecule has 0 atom stereocenters. The minimum absolute atomic E-state index is 0.167. The quantitative estimate of drug-likeness (QED) is 0.701. The highest BCUT2D eigenvalue weighted by atomic mass is 16.4. The second kappa shape index (κ2) is 6.70. The molecule has 0 bridgehead atoms. The smallest absolute Gasteiger partial charge is 0.335 e. The van der Waals surface area contributed by atoms with Crippen LogP contribution in [0.2, 0.25) is 0 Å². The van der Waals surface area contributed by atoms with Crippen LogP contribution in [-0.4, -0.2) is 17.6 Å². The van der Waals surface area contributed by atoms with Crippen LogP contribution in [0.15, 0.2) is 36.4 Å². The third-order valence-corrected chi connectivity index (χ3v) is 6.20. The molecule has 0 aliphatic heterocycles. The zero-order valence-electron chi connectivity index (χ0n) is 17.4.